The number of hydrogen-bond donors (Lipinski definition) is 1. The summed E-state index contributed by atoms with van der Waals surface area (Å²) in [5, 5.41) is 11.4. The van der Waals surface area contributed by atoms with E-state index in [2.05, 4.69) is 41.5 Å². The molecule has 2 aliphatic rings. The van der Waals surface area contributed by atoms with Gasteiger partial charge in [-0.05, 0) is 67.1 Å². The van der Waals surface area contributed by atoms with E-state index in [0.29, 0.717) is 5.92 Å². The van der Waals surface area contributed by atoms with E-state index in [1.54, 1.807) is 0 Å². The highest BCUT2D eigenvalue weighted by Crippen LogP contribution is 2.55. The number of aliphatic hydroxyl groups is 1. The Bertz CT molecular complexity index is 303. The predicted octanol–water partition coefficient (Wildman–Crippen LogP) is 5.03. The molecule has 0 aliphatic heterocycles. The van der Waals surface area contributed by atoms with Crippen molar-refractivity contribution in [1.29, 1.82) is 0 Å². The highest BCUT2D eigenvalue weighted by atomic mass is 16.3. The minimum absolute atomic E-state index is 0.278. The van der Waals surface area contributed by atoms with Gasteiger partial charge in [-0.1, -0.05) is 41.5 Å². The summed E-state index contributed by atoms with van der Waals surface area (Å²) in [4.78, 5) is 0. The first-order valence-corrected chi connectivity index (χ1v) is 8.24. The van der Waals surface area contributed by atoms with Crippen LogP contribution in [0, 0.1) is 28.6 Å². The number of hydrogen-bond acceptors (Lipinski definition) is 1. The van der Waals surface area contributed by atoms with Gasteiger partial charge in [0.25, 0.3) is 0 Å². The van der Waals surface area contributed by atoms with Gasteiger partial charge >= 0.3 is 0 Å². The van der Waals surface area contributed by atoms with Gasteiger partial charge in [-0.3, -0.25) is 0 Å². The van der Waals surface area contributed by atoms with Crippen molar-refractivity contribution < 1.29 is 5.11 Å². The molecule has 0 aromatic carbocycles. The van der Waals surface area contributed by atoms with E-state index in [4.69, 9.17) is 0 Å². The first-order valence-electron chi connectivity index (χ1n) is 8.24. The van der Waals surface area contributed by atoms with Crippen molar-refractivity contribution in [3.63, 3.8) is 0 Å². The Morgan fingerprint density at radius 2 is 1.16 bits per heavy atom. The molecule has 1 heteroatoms. The molecule has 2 aliphatic carbocycles. The Morgan fingerprint density at radius 3 is 1.58 bits per heavy atom. The van der Waals surface area contributed by atoms with Crippen LogP contribution in [0.5, 0.6) is 0 Å². The highest BCUT2D eigenvalue weighted by molar-refractivity contribution is 5.02. The summed E-state index contributed by atoms with van der Waals surface area (Å²) in [7, 11) is 0. The molecule has 112 valence electrons. The third-order valence-corrected chi connectivity index (χ3v) is 5.46. The molecule has 2 saturated carbocycles. The summed E-state index contributed by atoms with van der Waals surface area (Å²) in [6.07, 6.45) is 7.03. The Hall–Kier alpha value is -0.0400. The summed E-state index contributed by atoms with van der Waals surface area (Å²) in [5.74, 6) is 2.09. The molecule has 0 spiro atoms. The molecular formula is C18H34O. The molecule has 0 radical (unpaired) electrons. The fraction of sp³-hybridized carbons (Fsp3) is 1.00. The van der Waals surface area contributed by atoms with Crippen LogP contribution >= 0.6 is 0 Å². The van der Waals surface area contributed by atoms with Gasteiger partial charge in [0, 0.05) is 0 Å². The maximum atomic E-state index is 11.4. The normalized spacial score (nSPS) is 40.9. The molecule has 2 rings (SSSR count). The predicted molar refractivity (Wildman–Crippen MR) is 82.0 cm³/mol. The minimum Gasteiger partial charge on any atom is -0.390 e. The maximum absolute atomic E-state index is 11.4. The van der Waals surface area contributed by atoms with Crippen molar-refractivity contribution in [3.8, 4) is 0 Å². The van der Waals surface area contributed by atoms with Gasteiger partial charge in [-0.15, -0.1) is 0 Å². The lowest BCUT2D eigenvalue weighted by molar-refractivity contribution is -0.136. The smallest absolute Gasteiger partial charge is 0.0686 e. The Kier molecular flexibility index (Phi) is 3.84. The van der Waals surface area contributed by atoms with E-state index < -0.39 is 5.60 Å². The highest BCUT2D eigenvalue weighted by Gasteiger charge is 2.51. The second kappa shape index (κ2) is 4.76. The van der Waals surface area contributed by atoms with Gasteiger partial charge in [0.15, 0.2) is 0 Å². The molecule has 2 fully saturated rings. The van der Waals surface area contributed by atoms with Crippen LogP contribution in [0.3, 0.4) is 0 Å². The topological polar surface area (TPSA) is 20.2 Å². The van der Waals surface area contributed by atoms with Crippen LogP contribution in [0.25, 0.3) is 0 Å². The summed E-state index contributed by atoms with van der Waals surface area (Å²) in [5.41, 5.74) is 0.134. The van der Waals surface area contributed by atoms with E-state index in [-0.39, 0.29) is 10.8 Å². The van der Waals surface area contributed by atoms with Crippen LogP contribution in [0.15, 0.2) is 0 Å². The summed E-state index contributed by atoms with van der Waals surface area (Å²) in [6.45, 7) is 14.1. The van der Waals surface area contributed by atoms with E-state index >= 15 is 0 Å². The zero-order chi connectivity index (χ0) is 14.5. The van der Waals surface area contributed by atoms with Gasteiger partial charge < -0.3 is 5.11 Å². The van der Waals surface area contributed by atoms with Crippen molar-refractivity contribution in [2.75, 3.05) is 0 Å². The van der Waals surface area contributed by atoms with E-state index in [1.807, 2.05) is 0 Å². The molecule has 0 aromatic rings. The number of rotatable bonds is 1. The van der Waals surface area contributed by atoms with Gasteiger partial charge in [-0.2, -0.15) is 0 Å². The van der Waals surface area contributed by atoms with E-state index in [9.17, 15) is 5.11 Å². The Balaban J connectivity index is 2.20. The second-order valence-corrected chi connectivity index (χ2v) is 9.58. The average molecular weight is 266 g/mol. The van der Waals surface area contributed by atoms with E-state index in [1.165, 1.54) is 25.7 Å². The van der Waals surface area contributed by atoms with Crippen LogP contribution in [0.2, 0.25) is 0 Å². The molecule has 2 unspecified atom stereocenters. The Morgan fingerprint density at radius 1 is 0.737 bits per heavy atom. The fourth-order valence-corrected chi connectivity index (χ4v) is 5.81. The average Bonchev–Trinajstić information content (AvgIpc) is 2.09. The van der Waals surface area contributed by atoms with Crippen molar-refractivity contribution in [1.82, 2.24) is 0 Å². The van der Waals surface area contributed by atoms with Crippen molar-refractivity contribution in [2.24, 2.45) is 28.6 Å². The van der Waals surface area contributed by atoms with Crippen LogP contribution in [0.1, 0.15) is 80.1 Å². The van der Waals surface area contributed by atoms with Crippen LogP contribution in [0.4, 0.5) is 0 Å². The third kappa shape index (κ3) is 3.54. The molecule has 2 atom stereocenters. The van der Waals surface area contributed by atoms with Gasteiger partial charge in [0.1, 0.15) is 0 Å². The molecule has 0 aromatic heterocycles. The molecular weight excluding hydrogens is 232 g/mol. The van der Waals surface area contributed by atoms with E-state index in [0.717, 1.165) is 24.7 Å². The largest absolute Gasteiger partial charge is 0.390 e. The minimum atomic E-state index is -0.422. The fourth-order valence-electron chi connectivity index (χ4n) is 5.81. The van der Waals surface area contributed by atoms with Gasteiger partial charge in [0.2, 0.25) is 0 Å². The molecule has 19 heavy (non-hydrogen) atoms. The van der Waals surface area contributed by atoms with Crippen LogP contribution < -0.4 is 0 Å². The monoisotopic (exact) mass is 266 g/mol. The summed E-state index contributed by atoms with van der Waals surface area (Å²) >= 11 is 0. The van der Waals surface area contributed by atoms with Crippen molar-refractivity contribution in [2.45, 2.75) is 85.7 Å². The molecule has 1 N–H and O–H groups in total. The molecule has 0 amide bonds. The van der Waals surface area contributed by atoms with Gasteiger partial charge in [-0.25, -0.2) is 0 Å². The first-order chi connectivity index (χ1) is 8.51. The summed E-state index contributed by atoms with van der Waals surface area (Å²) < 4.78 is 0. The SMILES string of the molecule is CC1CC(C)CC(C2(O)CC(C)(C)CC(C)(C)C2)C1. The van der Waals surface area contributed by atoms with Crippen LogP contribution in [-0.2, 0) is 0 Å². The molecule has 0 bridgehead atoms. The second-order valence-electron chi connectivity index (χ2n) is 9.58. The lowest BCUT2D eigenvalue weighted by Gasteiger charge is -2.54. The Labute approximate surface area is 120 Å². The lowest BCUT2D eigenvalue weighted by atomic mass is 9.54. The van der Waals surface area contributed by atoms with Crippen LogP contribution in [-0.4, -0.2) is 10.7 Å². The maximum Gasteiger partial charge on any atom is 0.0686 e. The first kappa shape index (κ1) is 15.4. The summed E-state index contributed by atoms with van der Waals surface area (Å²) in [6, 6.07) is 0. The third-order valence-electron chi connectivity index (χ3n) is 5.46. The van der Waals surface area contributed by atoms with Crippen molar-refractivity contribution in [3.05, 3.63) is 0 Å². The molecule has 0 heterocycles. The lowest BCUT2D eigenvalue weighted by Crippen LogP contribution is -2.52. The standard InChI is InChI=1S/C18H34O/c1-13-7-14(2)9-15(8-13)18(19)11-16(3,4)10-17(5,6)12-18/h13-15,19H,7-12H2,1-6H3. The van der Waals surface area contributed by atoms with Gasteiger partial charge in [0.05, 0.1) is 5.60 Å². The zero-order valence-corrected chi connectivity index (χ0v) is 13.9. The van der Waals surface area contributed by atoms with Crippen molar-refractivity contribution >= 4 is 0 Å². The molecule has 0 saturated heterocycles. The molecule has 1 nitrogen and oxygen atoms in total. The zero-order valence-electron chi connectivity index (χ0n) is 13.9. The quantitative estimate of drug-likeness (QED) is 0.706.